The Kier molecular flexibility index (Phi) is 8.19. The van der Waals surface area contributed by atoms with Crippen molar-refractivity contribution in [2.45, 2.75) is 25.3 Å². The predicted molar refractivity (Wildman–Crippen MR) is 130 cm³/mol. The van der Waals surface area contributed by atoms with Gasteiger partial charge in [0, 0.05) is 69.9 Å². The molecule has 0 radical (unpaired) electrons. The molecular formula is C24H35N7O2. The SMILES string of the molecule is COc1ccc(N2CCC(NC(=O)NCCCN3CCN(c4ncccn4)CC3)CC2)cc1. The molecule has 1 aromatic heterocycles. The maximum atomic E-state index is 12.3. The summed E-state index contributed by atoms with van der Waals surface area (Å²) in [4.78, 5) is 28.0. The fourth-order valence-corrected chi connectivity index (χ4v) is 4.44. The molecule has 9 nitrogen and oxygen atoms in total. The second kappa shape index (κ2) is 11.7. The molecule has 0 bridgehead atoms. The van der Waals surface area contributed by atoms with Crippen LogP contribution in [0.4, 0.5) is 16.4 Å². The van der Waals surface area contributed by atoms with Gasteiger partial charge in [-0.15, -0.1) is 0 Å². The number of ether oxygens (including phenoxy) is 1. The molecule has 2 N–H and O–H groups in total. The highest BCUT2D eigenvalue weighted by Crippen LogP contribution is 2.22. The number of nitrogens with zero attached hydrogens (tertiary/aromatic N) is 5. The summed E-state index contributed by atoms with van der Waals surface area (Å²) < 4.78 is 5.23. The number of methoxy groups -OCH3 is 1. The molecule has 2 aliphatic rings. The molecule has 2 saturated heterocycles. The van der Waals surface area contributed by atoms with Crippen LogP contribution < -0.4 is 25.2 Å². The summed E-state index contributed by atoms with van der Waals surface area (Å²) in [6.45, 7) is 7.44. The summed E-state index contributed by atoms with van der Waals surface area (Å²) in [6, 6.07) is 10.2. The van der Waals surface area contributed by atoms with Crippen LogP contribution in [0.15, 0.2) is 42.7 Å². The van der Waals surface area contributed by atoms with Crippen LogP contribution in [0.2, 0.25) is 0 Å². The minimum atomic E-state index is -0.0519. The number of aromatic nitrogens is 2. The number of amides is 2. The molecule has 4 rings (SSSR count). The van der Waals surface area contributed by atoms with E-state index in [1.807, 2.05) is 18.2 Å². The normalized spacial score (nSPS) is 17.6. The number of piperidine rings is 1. The quantitative estimate of drug-likeness (QED) is 0.591. The number of urea groups is 1. The van der Waals surface area contributed by atoms with Gasteiger partial charge in [-0.05, 0) is 56.1 Å². The Morgan fingerprint density at radius 1 is 1.00 bits per heavy atom. The number of carbonyl (C=O) groups excluding carboxylic acids is 1. The van der Waals surface area contributed by atoms with Crippen molar-refractivity contribution in [3.63, 3.8) is 0 Å². The third-order valence-corrected chi connectivity index (χ3v) is 6.41. The molecule has 0 atom stereocenters. The number of hydrogen-bond donors (Lipinski definition) is 2. The van der Waals surface area contributed by atoms with Crippen LogP contribution in [0.1, 0.15) is 19.3 Å². The van der Waals surface area contributed by atoms with E-state index in [-0.39, 0.29) is 12.1 Å². The van der Waals surface area contributed by atoms with Crippen molar-refractivity contribution in [2.75, 3.05) is 69.3 Å². The van der Waals surface area contributed by atoms with Crippen LogP contribution in [0, 0.1) is 0 Å². The minimum Gasteiger partial charge on any atom is -0.497 e. The van der Waals surface area contributed by atoms with Crippen molar-refractivity contribution < 1.29 is 9.53 Å². The molecule has 0 aliphatic carbocycles. The van der Waals surface area contributed by atoms with E-state index in [9.17, 15) is 4.79 Å². The molecule has 178 valence electrons. The summed E-state index contributed by atoms with van der Waals surface area (Å²) in [5.74, 6) is 1.68. The first-order chi connectivity index (χ1) is 16.2. The third-order valence-electron chi connectivity index (χ3n) is 6.41. The molecule has 3 heterocycles. The van der Waals surface area contributed by atoms with Gasteiger partial charge in [0.2, 0.25) is 5.95 Å². The maximum absolute atomic E-state index is 12.3. The Labute approximate surface area is 196 Å². The van der Waals surface area contributed by atoms with Crippen LogP contribution >= 0.6 is 0 Å². The maximum Gasteiger partial charge on any atom is 0.315 e. The number of benzene rings is 1. The monoisotopic (exact) mass is 453 g/mol. The van der Waals surface area contributed by atoms with Gasteiger partial charge in [0.05, 0.1) is 7.11 Å². The van der Waals surface area contributed by atoms with Gasteiger partial charge in [-0.1, -0.05) is 0 Å². The zero-order valence-corrected chi connectivity index (χ0v) is 19.4. The lowest BCUT2D eigenvalue weighted by Crippen LogP contribution is -2.49. The standard InChI is InChI=1S/C24H35N7O2/c1-33-22-6-4-21(5-7-22)30-14-8-20(9-15-30)28-24(32)27-12-3-13-29-16-18-31(19-17-29)23-25-10-2-11-26-23/h2,4-7,10-11,20H,3,8-9,12-19H2,1H3,(H2,27,28,32). The molecule has 0 saturated carbocycles. The summed E-state index contributed by atoms with van der Waals surface area (Å²) in [7, 11) is 1.68. The average Bonchev–Trinajstić information content (AvgIpc) is 2.88. The van der Waals surface area contributed by atoms with Gasteiger partial charge in [-0.2, -0.15) is 0 Å². The number of hydrogen-bond acceptors (Lipinski definition) is 7. The third kappa shape index (κ3) is 6.71. The van der Waals surface area contributed by atoms with E-state index in [2.05, 4.69) is 47.4 Å². The summed E-state index contributed by atoms with van der Waals surface area (Å²) in [5.41, 5.74) is 1.20. The smallest absolute Gasteiger partial charge is 0.315 e. The van der Waals surface area contributed by atoms with E-state index >= 15 is 0 Å². The van der Waals surface area contributed by atoms with Crippen LogP contribution in [0.25, 0.3) is 0 Å². The lowest BCUT2D eigenvalue weighted by Gasteiger charge is -2.34. The van der Waals surface area contributed by atoms with Crippen molar-refractivity contribution in [2.24, 2.45) is 0 Å². The van der Waals surface area contributed by atoms with Crippen molar-refractivity contribution in [3.05, 3.63) is 42.7 Å². The lowest BCUT2D eigenvalue weighted by molar-refractivity contribution is 0.230. The topological polar surface area (TPSA) is 85.9 Å². The van der Waals surface area contributed by atoms with E-state index in [1.165, 1.54) is 5.69 Å². The first kappa shape index (κ1) is 23.1. The first-order valence-corrected chi connectivity index (χ1v) is 11.9. The van der Waals surface area contributed by atoms with Gasteiger partial charge in [0.15, 0.2) is 0 Å². The minimum absolute atomic E-state index is 0.0519. The zero-order valence-electron chi connectivity index (χ0n) is 19.4. The molecule has 2 fully saturated rings. The summed E-state index contributed by atoms with van der Waals surface area (Å²) >= 11 is 0. The predicted octanol–water partition coefficient (Wildman–Crippen LogP) is 1.97. The van der Waals surface area contributed by atoms with Gasteiger partial charge >= 0.3 is 6.03 Å². The Morgan fingerprint density at radius 3 is 2.36 bits per heavy atom. The van der Waals surface area contributed by atoms with Gasteiger partial charge in [0.1, 0.15) is 5.75 Å². The lowest BCUT2D eigenvalue weighted by atomic mass is 10.0. The van der Waals surface area contributed by atoms with Crippen molar-refractivity contribution in [1.29, 1.82) is 0 Å². The van der Waals surface area contributed by atoms with Crippen LogP contribution in [-0.4, -0.2) is 86.4 Å². The number of nitrogens with one attached hydrogen (secondary N) is 2. The number of carbonyl (C=O) groups is 1. The van der Waals surface area contributed by atoms with Gasteiger partial charge in [-0.3, -0.25) is 4.90 Å². The molecule has 9 heteroatoms. The number of piperazine rings is 1. The fraction of sp³-hybridized carbons (Fsp3) is 0.542. The molecule has 2 aromatic rings. The second-order valence-corrected chi connectivity index (χ2v) is 8.59. The van der Waals surface area contributed by atoms with E-state index in [1.54, 1.807) is 19.5 Å². The van der Waals surface area contributed by atoms with Crippen molar-refractivity contribution in [3.8, 4) is 5.75 Å². The van der Waals surface area contributed by atoms with Crippen LogP contribution in [0.3, 0.4) is 0 Å². The van der Waals surface area contributed by atoms with Crippen molar-refractivity contribution in [1.82, 2.24) is 25.5 Å². The Hall–Kier alpha value is -3.07. The molecule has 1 aromatic carbocycles. The summed E-state index contributed by atoms with van der Waals surface area (Å²) in [6.07, 6.45) is 6.43. The number of rotatable bonds is 8. The molecule has 2 aliphatic heterocycles. The average molecular weight is 454 g/mol. The molecule has 33 heavy (non-hydrogen) atoms. The van der Waals surface area contributed by atoms with E-state index in [0.29, 0.717) is 6.54 Å². The van der Waals surface area contributed by atoms with Crippen LogP contribution in [-0.2, 0) is 0 Å². The zero-order chi connectivity index (χ0) is 22.9. The molecule has 0 spiro atoms. The largest absolute Gasteiger partial charge is 0.497 e. The Morgan fingerprint density at radius 2 is 1.70 bits per heavy atom. The number of anilines is 2. The van der Waals surface area contributed by atoms with E-state index in [0.717, 1.165) is 76.8 Å². The van der Waals surface area contributed by atoms with Crippen LogP contribution in [0.5, 0.6) is 5.75 Å². The van der Waals surface area contributed by atoms with E-state index in [4.69, 9.17) is 4.74 Å². The summed E-state index contributed by atoms with van der Waals surface area (Å²) in [5, 5.41) is 6.17. The second-order valence-electron chi connectivity index (χ2n) is 8.59. The van der Waals surface area contributed by atoms with Gasteiger partial charge in [0.25, 0.3) is 0 Å². The molecular weight excluding hydrogens is 418 g/mol. The van der Waals surface area contributed by atoms with Gasteiger partial charge in [-0.25, -0.2) is 14.8 Å². The highest BCUT2D eigenvalue weighted by molar-refractivity contribution is 5.74. The molecule has 2 amide bonds. The fourth-order valence-electron chi connectivity index (χ4n) is 4.44. The highest BCUT2D eigenvalue weighted by atomic mass is 16.5. The van der Waals surface area contributed by atoms with Crippen molar-refractivity contribution >= 4 is 17.7 Å². The Balaban J connectivity index is 1.07. The van der Waals surface area contributed by atoms with E-state index < -0.39 is 0 Å². The molecule has 0 unspecified atom stereocenters. The van der Waals surface area contributed by atoms with Gasteiger partial charge < -0.3 is 25.2 Å². The highest BCUT2D eigenvalue weighted by Gasteiger charge is 2.21. The Bertz CT molecular complexity index is 849. The first-order valence-electron chi connectivity index (χ1n) is 11.9.